The smallest absolute Gasteiger partial charge is 0.0608 e. The van der Waals surface area contributed by atoms with E-state index in [0.717, 1.165) is 19.4 Å². The summed E-state index contributed by atoms with van der Waals surface area (Å²) in [6.07, 6.45) is 18.0. The second-order valence-corrected chi connectivity index (χ2v) is 13.5. The lowest BCUT2D eigenvalue weighted by Gasteiger charge is -2.18. The van der Waals surface area contributed by atoms with Gasteiger partial charge in [0, 0.05) is 59.9 Å². The van der Waals surface area contributed by atoms with Gasteiger partial charge in [-0.1, -0.05) is 95.2 Å². The van der Waals surface area contributed by atoms with Gasteiger partial charge in [-0.3, -0.25) is 20.1 Å². The average molecular weight is 494 g/mol. The molecule has 5 heteroatoms. The number of aliphatic imine (C=N–C) groups is 3. The van der Waals surface area contributed by atoms with Gasteiger partial charge >= 0.3 is 0 Å². The lowest BCUT2D eigenvalue weighted by atomic mass is 9.87. The lowest BCUT2D eigenvalue weighted by molar-refractivity contribution is 0.499. The van der Waals surface area contributed by atoms with E-state index in [1.807, 2.05) is 31.0 Å². The fourth-order valence-corrected chi connectivity index (χ4v) is 3.22. The van der Waals surface area contributed by atoms with Crippen molar-refractivity contribution in [1.82, 2.24) is 10.2 Å². The Morgan fingerprint density at radius 2 is 1.47 bits per heavy atom. The van der Waals surface area contributed by atoms with E-state index in [1.54, 1.807) is 0 Å². The standard InChI is InChI=1S/3C8H13N.C7H12N2/c1-8(2,3)7-4-5-9-6-7;2*1-8(2,3)7-5-4-6-9-7;1-7(2,3)6-4-8-9-5-6/h4-5H,6H2,1-3H3;5-6H,4H2,1-3H3;4,6H,5H2,1-3H3;4-5H,1-3H3,(H,8,9). The largest absolute Gasteiger partial charge is 0.289 e. The molecule has 0 saturated carbocycles. The first-order valence-corrected chi connectivity index (χ1v) is 13.1. The number of nitrogens with one attached hydrogen (secondary N) is 1. The number of H-pyrrole nitrogens is 1. The molecule has 4 heterocycles. The Morgan fingerprint density at radius 3 is 1.69 bits per heavy atom. The minimum Gasteiger partial charge on any atom is -0.289 e. The molecule has 3 aliphatic heterocycles. The number of nitrogens with zero attached hydrogens (tertiary/aromatic N) is 4. The van der Waals surface area contributed by atoms with Crippen molar-refractivity contribution in [2.45, 2.75) is 101 Å². The van der Waals surface area contributed by atoms with Crippen LogP contribution in [0.3, 0.4) is 0 Å². The zero-order chi connectivity index (χ0) is 27.6. The van der Waals surface area contributed by atoms with Crippen LogP contribution in [-0.4, -0.2) is 34.9 Å². The maximum atomic E-state index is 4.24. The normalized spacial score (nSPS) is 16.7. The molecule has 36 heavy (non-hydrogen) atoms. The Labute approximate surface area is 221 Å². The van der Waals surface area contributed by atoms with Crippen molar-refractivity contribution in [3.8, 4) is 0 Å². The van der Waals surface area contributed by atoms with E-state index in [2.05, 4.69) is 126 Å². The zero-order valence-corrected chi connectivity index (χ0v) is 25.0. The molecule has 1 N–H and O–H groups in total. The SMILES string of the molecule is CC(C)(C)C1=CC=NC1.CC(C)(C)C1=CCC=N1.CC(C)(C)C1=NC=CC1.CC(C)(C)c1cn[nH]c1. The van der Waals surface area contributed by atoms with E-state index >= 15 is 0 Å². The summed E-state index contributed by atoms with van der Waals surface area (Å²) >= 11 is 0. The van der Waals surface area contributed by atoms with Gasteiger partial charge in [-0.2, -0.15) is 5.10 Å². The predicted molar refractivity (Wildman–Crippen MR) is 159 cm³/mol. The van der Waals surface area contributed by atoms with E-state index in [-0.39, 0.29) is 16.2 Å². The number of allylic oxidation sites excluding steroid dienone is 4. The molecule has 200 valence electrons. The number of hydrogen-bond acceptors (Lipinski definition) is 4. The minimum atomic E-state index is 0.229. The third-order valence-electron chi connectivity index (χ3n) is 5.90. The van der Waals surface area contributed by atoms with Crippen molar-refractivity contribution in [1.29, 1.82) is 0 Å². The van der Waals surface area contributed by atoms with Crippen LogP contribution in [-0.2, 0) is 5.41 Å². The molecule has 0 radical (unpaired) electrons. The molecule has 0 fully saturated rings. The lowest BCUT2D eigenvalue weighted by Crippen LogP contribution is -2.17. The van der Waals surface area contributed by atoms with Gasteiger partial charge in [-0.05, 0) is 28.0 Å². The highest BCUT2D eigenvalue weighted by atomic mass is 15.1. The Bertz CT molecular complexity index is 932. The van der Waals surface area contributed by atoms with Crippen molar-refractivity contribution in [3.63, 3.8) is 0 Å². The summed E-state index contributed by atoms with van der Waals surface area (Å²) in [6.45, 7) is 27.2. The van der Waals surface area contributed by atoms with Crippen LogP contribution in [0.1, 0.15) is 101 Å². The molecular weight excluding hydrogens is 442 g/mol. The number of rotatable bonds is 0. The quantitative estimate of drug-likeness (QED) is 0.386. The molecule has 1 aromatic rings. The third kappa shape index (κ3) is 11.9. The van der Waals surface area contributed by atoms with Gasteiger partial charge in [0.25, 0.3) is 0 Å². The highest BCUT2D eigenvalue weighted by Gasteiger charge is 2.19. The van der Waals surface area contributed by atoms with Gasteiger partial charge in [0.1, 0.15) is 0 Å². The van der Waals surface area contributed by atoms with E-state index in [4.69, 9.17) is 0 Å². The fraction of sp³-hybridized carbons (Fsp3) is 0.613. The molecule has 0 saturated heterocycles. The second kappa shape index (κ2) is 13.1. The van der Waals surface area contributed by atoms with E-state index < -0.39 is 0 Å². The number of hydrogen-bond donors (Lipinski definition) is 1. The Kier molecular flexibility index (Phi) is 11.5. The maximum Gasteiger partial charge on any atom is 0.0608 e. The summed E-state index contributed by atoms with van der Waals surface area (Å²) in [5.74, 6) is 0. The van der Waals surface area contributed by atoms with Gasteiger partial charge in [0.2, 0.25) is 0 Å². The molecular formula is C31H51N5. The maximum absolute atomic E-state index is 4.24. The molecule has 0 spiro atoms. The van der Waals surface area contributed by atoms with Gasteiger partial charge in [-0.15, -0.1) is 0 Å². The summed E-state index contributed by atoms with van der Waals surface area (Å²) in [5, 5.41) is 6.65. The topological polar surface area (TPSA) is 65.8 Å². The molecule has 0 amide bonds. The van der Waals surface area contributed by atoms with E-state index in [0.29, 0.717) is 5.41 Å². The summed E-state index contributed by atoms with van der Waals surface area (Å²) < 4.78 is 0. The molecule has 0 aliphatic carbocycles. The van der Waals surface area contributed by atoms with Crippen molar-refractivity contribution in [3.05, 3.63) is 53.7 Å². The van der Waals surface area contributed by atoms with Crippen molar-refractivity contribution in [2.24, 2.45) is 31.2 Å². The Morgan fingerprint density at radius 1 is 0.806 bits per heavy atom. The Hall–Kier alpha value is -2.56. The molecule has 0 atom stereocenters. The predicted octanol–water partition coefficient (Wildman–Crippen LogP) is 8.53. The van der Waals surface area contributed by atoms with Crippen LogP contribution in [0.2, 0.25) is 0 Å². The average Bonchev–Trinajstić information content (AvgIpc) is 3.57. The van der Waals surface area contributed by atoms with Crippen LogP contribution < -0.4 is 0 Å². The van der Waals surface area contributed by atoms with E-state index in [9.17, 15) is 0 Å². The van der Waals surface area contributed by atoms with Crippen LogP contribution in [0.15, 0.2) is 63.1 Å². The van der Waals surface area contributed by atoms with Crippen molar-refractivity contribution < 1.29 is 0 Å². The van der Waals surface area contributed by atoms with Crippen LogP contribution >= 0.6 is 0 Å². The first-order valence-electron chi connectivity index (χ1n) is 13.1. The first kappa shape index (κ1) is 31.5. The Balaban J connectivity index is 0.000000240. The summed E-state index contributed by atoms with van der Waals surface area (Å²) in [7, 11) is 0. The number of aromatic nitrogens is 2. The molecule has 0 aromatic carbocycles. The molecule has 0 unspecified atom stereocenters. The second-order valence-electron chi connectivity index (χ2n) is 13.5. The minimum absolute atomic E-state index is 0.229. The third-order valence-corrected chi connectivity index (χ3v) is 5.90. The number of aromatic amines is 1. The van der Waals surface area contributed by atoms with Gasteiger partial charge in [0.05, 0.1) is 12.7 Å². The molecule has 4 rings (SSSR count). The van der Waals surface area contributed by atoms with Crippen LogP contribution in [0, 0.1) is 16.2 Å². The van der Waals surface area contributed by atoms with Crippen molar-refractivity contribution >= 4 is 18.1 Å². The van der Waals surface area contributed by atoms with Crippen LogP contribution in [0.5, 0.6) is 0 Å². The van der Waals surface area contributed by atoms with E-state index in [1.165, 1.54) is 22.5 Å². The first-order chi connectivity index (χ1) is 16.4. The molecule has 3 aliphatic rings. The highest BCUT2D eigenvalue weighted by Crippen LogP contribution is 2.28. The fourth-order valence-electron chi connectivity index (χ4n) is 3.22. The highest BCUT2D eigenvalue weighted by molar-refractivity contribution is 5.92. The summed E-state index contributed by atoms with van der Waals surface area (Å²) in [4.78, 5) is 12.6. The van der Waals surface area contributed by atoms with Crippen LogP contribution in [0.25, 0.3) is 0 Å². The summed E-state index contributed by atoms with van der Waals surface area (Å²) in [5.41, 5.74) is 6.26. The molecule has 0 bridgehead atoms. The van der Waals surface area contributed by atoms with Gasteiger partial charge < -0.3 is 0 Å². The van der Waals surface area contributed by atoms with Gasteiger partial charge in [-0.25, -0.2) is 0 Å². The van der Waals surface area contributed by atoms with Gasteiger partial charge in [0.15, 0.2) is 0 Å². The molecule has 5 nitrogen and oxygen atoms in total. The van der Waals surface area contributed by atoms with Crippen LogP contribution in [0.4, 0.5) is 0 Å². The zero-order valence-electron chi connectivity index (χ0n) is 25.0. The summed E-state index contributed by atoms with van der Waals surface area (Å²) in [6, 6.07) is 0. The van der Waals surface area contributed by atoms with Crippen molar-refractivity contribution in [2.75, 3.05) is 6.54 Å². The molecule has 1 aromatic heterocycles. The monoisotopic (exact) mass is 493 g/mol.